The maximum Gasteiger partial charge on any atom is 0.407 e. The first-order valence-electron chi connectivity index (χ1n) is 9.44. The van der Waals surface area contributed by atoms with Crippen LogP contribution in [0.3, 0.4) is 0 Å². The third-order valence-electron chi connectivity index (χ3n) is 5.34. The van der Waals surface area contributed by atoms with E-state index in [0.717, 1.165) is 20.5 Å². The van der Waals surface area contributed by atoms with Gasteiger partial charge in [-0.3, -0.25) is 0 Å². The first-order chi connectivity index (χ1) is 14.6. The summed E-state index contributed by atoms with van der Waals surface area (Å²) in [5.74, 6) is -0.990. The largest absolute Gasteiger partial charge is 0.477 e. The lowest BCUT2D eigenvalue weighted by Gasteiger charge is -2.14. The second kappa shape index (κ2) is 7.59. The molecule has 30 heavy (non-hydrogen) atoms. The summed E-state index contributed by atoms with van der Waals surface area (Å²) in [6, 6.07) is 18.2. The Morgan fingerprint density at radius 3 is 2.33 bits per heavy atom. The summed E-state index contributed by atoms with van der Waals surface area (Å²) in [5, 5.41) is 14.1. The highest BCUT2D eigenvalue weighted by atomic mass is 32.1. The number of ether oxygens (including phenoxy) is 1. The van der Waals surface area contributed by atoms with E-state index in [4.69, 9.17) is 4.74 Å². The minimum absolute atomic E-state index is 0.0112. The van der Waals surface area contributed by atoms with Gasteiger partial charge in [-0.25, -0.2) is 9.59 Å². The number of aromatic carboxylic acids is 1. The highest BCUT2D eigenvalue weighted by Gasteiger charge is 2.29. The van der Waals surface area contributed by atoms with Crippen molar-refractivity contribution in [2.45, 2.75) is 12.5 Å². The molecule has 0 atom stereocenters. The minimum atomic E-state index is -0.979. The molecule has 0 fully saturated rings. The maximum absolute atomic E-state index is 12.4. The van der Waals surface area contributed by atoms with E-state index in [1.165, 1.54) is 33.8 Å². The van der Waals surface area contributed by atoms with Gasteiger partial charge in [-0.05, 0) is 33.7 Å². The van der Waals surface area contributed by atoms with Crippen LogP contribution in [-0.2, 0) is 11.3 Å². The molecule has 0 spiro atoms. The Balaban J connectivity index is 1.29. The molecule has 2 aromatic carbocycles. The molecular weight excluding hydrogens is 418 g/mol. The third-order valence-corrected chi connectivity index (χ3v) is 7.63. The zero-order valence-corrected chi connectivity index (χ0v) is 17.4. The Hall–Kier alpha value is -3.16. The molecule has 0 unspecified atom stereocenters. The predicted molar refractivity (Wildman–Crippen MR) is 119 cm³/mol. The highest BCUT2D eigenvalue weighted by molar-refractivity contribution is 7.28. The van der Waals surface area contributed by atoms with E-state index in [1.54, 1.807) is 0 Å². The molecule has 7 heteroatoms. The van der Waals surface area contributed by atoms with Gasteiger partial charge in [0.25, 0.3) is 0 Å². The smallest absolute Gasteiger partial charge is 0.407 e. The van der Waals surface area contributed by atoms with Gasteiger partial charge in [0.2, 0.25) is 0 Å². The molecule has 2 N–H and O–H groups in total. The number of carboxylic acid groups (broad SMARTS) is 1. The molecule has 2 aromatic heterocycles. The van der Waals surface area contributed by atoms with Crippen LogP contribution in [0.2, 0.25) is 0 Å². The van der Waals surface area contributed by atoms with Crippen LogP contribution in [-0.4, -0.2) is 23.8 Å². The standard InChI is InChI=1S/C23H17NO4S2/c25-22(26)21-17(20-19(30-21)9-10-29-20)11-24-23(27)28-12-18-15-7-3-1-5-13(15)14-6-2-4-8-16(14)18/h1-10,18H,11-12H2,(H,24,27)(H,25,26). The van der Waals surface area contributed by atoms with E-state index in [-0.39, 0.29) is 23.9 Å². The van der Waals surface area contributed by atoms with E-state index in [0.29, 0.717) is 5.56 Å². The molecule has 4 aromatic rings. The van der Waals surface area contributed by atoms with Gasteiger partial charge in [0, 0.05) is 22.7 Å². The molecule has 0 bridgehead atoms. The van der Waals surface area contributed by atoms with Crippen molar-refractivity contribution >= 4 is 44.1 Å². The number of amides is 1. The second-order valence-electron chi connectivity index (χ2n) is 7.01. The number of carboxylic acids is 1. The fraction of sp³-hybridized carbons (Fsp3) is 0.130. The first-order valence-corrected chi connectivity index (χ1v) is 11.1. The Bertz CT molecular complexity index is 1230. The van der Waals surface area contributed by atoms with E-state index < -0.39 is 12.1 Å². The van der Waals surface area contributed by atoms with Gasteiger partial charge >= 0.3 is 12.1 Å². The van der Waals surface area contributed by atoms with Crippen LogP contribution in [0, 0.1) is 0 Å². The van der Waals surface area contributed by atoms with Gasteiger partial charge in [-0.15, -0.1) is 22.7 Å². The van der Waals surface area contributed by atoms with Crippen LogP contribution in [0.4, 0.5) is 4.79 Å². The molecule has 5 nitrogen and oxygen atoms in total. The number of thiophene rings is 2. The number of rotatable bonds is 5. The Labute approximate surface area is 180 Å². The number of carbonyl (C=O) groups excluding carboxylic acids is 1. The third kappa shape index (κ3) is 3.16. The molecule has 150 valence electrons. The predicted octanol–water partition coefficient (Wildman–Crippen LogP) is 5.70. The number of hydrogen-bond acceptors (Lipinski definition) is 5. The molecule has 0 radical (unpaired) electrons. The van der Waals surface area contributed by atoms with Crippen molar-refractivity contribution < 1.29 is 19.4 Å². The molecular formula is C23H17NO4S2. The van der Waals surface area contributed by atoms with Gasteiger partial charge < -0.3 is 15.2 Å². The minimum Gasteiger partial charge on any atom is -0.477 e. The number of alkyl carbamates (subject to hydrolysis) is 1. The monoisotopic (exact) mass is 435 g/mol. The van der Waals surface area contributed by atoms with E-state index >= 15 is 0 Å². The molecule has 1 amide bonds. The Morgan fingerprint density at radius 2 is 1.67 bits per heavy atom. The van der Waals surface area contributed by atoms with Crippen molar-refractivity contribution in [3.8, 4) is 11.1 Å². The number of nitrogens with one attached hydrogen (secondary N) is 1. The molecule has 0 aliphatic heterocycles. The molecule has 1 aliphatic carbocycles. The quantitative estimate of drug-likeness (QED) is 0.422. The van der Waals surface area contributed by atoms with Crippen LogP contribution in [0.5, 0.6) is 0 Å². The number of benzene rings is 2. The zero-order valence-electron chi connectivity index (χ0n) is 15.8. The lowest BCUT2D eigenvalue weighted by atomic mass is 9.98. The highest BCUT2D eigenvalue weighted by Crippen LogP contribution is 2.44. The fourth-order valence-corrected chi connectivity index (χ4v) is 6.23. The Morgan fingerprint density at radius 1 is 1.00 bits per heavy atom. The van der Waals surface area contributed by atoms with Crippen LogP contribution in [0.25, 0.3) is 20.5 Å². The molecule has 0 saturated heterocycles. The van der Waals surface area contributed by atoms with Crippen molar-refractivity contribution in [3.63, 3.8) is 0 Å². The van der Waals surface area contributed by atoms with Gasteiger partial charge in [0.15, 0.2) is 0 Å². The fourth-order valence-electron chi connectivity index (χ4n) is 4.02. The van der Waals surface area contributed by atoms with Gasteiger partial charge in [0.05, 0.1) is 4.70 Å². The average Bonchev–Trinajstić information content (AvgIpc) is 3.43. The summed E-state index contributed by atoms with van der Waals surface area (Å²) in [6.45, 7) is 0.350. The molecule has 0 saturated carbocycles. The van der Waals surface area contributed by atoms with Crippen LogP contribution in [0.1, 0.15) is 32.3 Å². The van der Waals surface area contributed by atoms with Crippen molar-refractivity contribution in [2.75, 3.05) is 6.61 Å². The average molecular weight is 436 g/mol. The van der Waals surface area contributed by atoms with E-state index in [1.807, 2.05) is 35.7 Å². The van der Waals surface area contributed by atoms with Crippen molar-refractivity contribution in [2.24, 2.45) is 0 Å². The van der Waals surface area contributed by atoms with Crippen LogP contribution in [0.15, 0.2) is 60.0 Å². The zero-order chi connectivity index (χ0) is 20.7. The van der Waals surface area contributed by atoms with E-state index in [9.17, 15) is 14.7 Å². The van der Waals surface area contributed by atoms with Crippen molar-refractivity contribution in [1.29, 1.82) is 0 Å². The van der Waals surface area contributed by atoms with Crippen LogP contribution < -0.4 is 5.32 Å². The summed E-state index contributed by atoms with van der Waals surface area (Å²) in [4.78, 5) is 24.2. The topological polar surface area (TPSA) is 75.6 Å². The van der Waals surface area contributed by atoms with Gasteiger partial charge in [-0.1, -0.05) is 48.5 Å². The lowest BCUT2D eigenvalue weighted by Crippen LogP contribution is -2.26. The summed E-state index contributed by atoms with van der Waals surface area (Å²) < 4.78 is 7.36. The number of carbonyl (C=O) groups is 2. The molecule has 1 aliphatic rings. The molecule has 2 heterocycles. The maximum atomic E-state index is 12.4. The van der Waals surface area contributed by atoms with Crippen molar-refractivity contribution in [3.05, 3.63) is 81.5 Å². The number of hydrogen-bond donors (Lipinski definition) is 2. The lowest BCUT2D eigenvalue weighted by molar-refractivity contribution is 0.0700. The SMILES string of the molecule is O=C(NCc1c(C(=O)O)sc2ccsc12)OCC1c2ccccc2-c2ccccc21. The van der Waals surface area contributed by atoms with E-state index in [2.05, 4.69) is 29.6 Å². The summed E-state index contributed by atoms with van der Waals surface area (Å²) in [7, 11) is 0. The number of fused-ring (bicyclic) bond motifs is 4. The van der Waals surface area contributed by atoms with Crippen LogP contribution >= 0.6 is 22.7 Å². The second-order valence-corrected chi connectivity index (χ2v) is 8.98. The summed E-state index contributed by atoms with van der Waals surface area (Å²) in [5.41, 5.74) is 5.28. The Kier molecular flexibility index (Phi) is 4.77. The normalized spacial score (nSPS) is 12.5. The van der Waals surface area contributed by atoms with Gasteiger partial charge in [-0.2, -0.15) is 0 Å². The summed E-state index contributed by atoms with van der Waals surface area (Å²) >= 11 is 2.70. The summed E-state index contributed by atoms with van der Waals surface area (Å²) in [6.07, 6.45) is -0.552. The van der Waals surface area contributed by atoms with Gasteiger partial charge in [0.1, 0.15) is 11.5 Å². The first kappa shape index (κ1) is 18.8. The van der Waals surface area contributed by atoms with Crippen molar-refractivity contribution in [1.82, 2.24) is 5.32 Å². The molecule has 5 rings (SSSR count).